The van der Waals surface area contributed by atoms with E-state index in [9.17, 15) is 9.90 Å². The third-order valence-corrected chi connectivity index (χ3v) is 4.52. The van der Waals surface area contributed by atoms with Crippen LogP contribution in [0.3, 0.4) is 0 Å². The zero-order valence-corrected chi connectivity index (χ0v) is 15.0. The van der Waals surface area contributed by atoms with Gasteiger partial charge in [0.05, 0.1) is 18.3 Å². The second kappa shape index (κ2) is 8.22. The maximum Gasteiger partial charge on any atom is 0.252 e. The van der Waals surface area contributed by atoms with Crippen molar-refractivity contribution >= 4 is 17.7 Å². The van der Waals surface area contributed by atoms with Gasteiger partial charge in [-0.15, -0.1) is 11.8 Å². The molecule has 0 spiro atoms. The summed E-state index contributed by atoms with van der Waals surface area (Å²) in [7, 11) is 1.62. The Kier molecular flexibility index (Phi) is 6.29. The van der Waals surface area contributed by atoms with Gasteiger partial charge in [-0.3, -0.25) is 4.79 Å². The largest absolute Gasteiger partial charge is 0.497 e. The highest BCUT2D eigenvalue weighted by atomic mass is 32.2. The van der Waals surface area contributed by atoms with Crippen molar-refractivity contribution in [1.29, 1.82) is 0 Å². The lowest BCUT2D eigenvalue weighted by Gasteiger charge is -2.24. The van der Waals surface area contributed by atoms with Gasteiger partial charge in [0, 0.05) is 17.9 Å². The van der Waals surface area contributed by atoms with E-state index in [-0.39, 0.29) is 12.5 Å². The van der Waals surface area contributed by atoms with Crippen molar-refractivity contribution in [3.63, 3.8) is 0 Å². The molecule has 2 aromatic rings. The summed E-state index contributed by atoms with van der Waals surface area (Å²) in [6, 6.07) is 15.0. The molecule has 24 heavy (non-hydrogen) atoms. The quantitative estimate of drug-likeness (QED) is 0.757. The lowest BCUT2D eigenvalue weighted by Crippen LogP contribution is -2.42. The Labute approximate surface area is 147 Å². The SMILES string of the molecule is COc1ccc(C[C@](C)(O)CNC(=O)c2ccccc2SC)cc1. The van der Waals surface area contributed by atoms with E-state index in [1.807, 2.05) is 48.7 Å². The molecule has 0 bridgehead atoms. The fourth-order valence-corrected chi connectivity index (χ4v) is 3.04. The number of ether oxygens (including phenoxy) is 1. The van der Waals surface area contributed by atoms with Crippen LogP contribution in [-0.2, 0) is 6.42 Å². The predicted octanol–water partition coefficient (Wildman–Crippen LogP) is 3.14. The molecule has 1 atom stereocenters. The number of benzene rings is 2. The molecule has 0 aliphatic heterocycles. The molecular weight excluding hydrogens is 322 g/mol. The van der Waals surface area contributed by atoms with Crippen LogP contribution in [0.4, 0.5) is 0 Å². The smallest absolute Gasteiger partial charge is 0.252 e. The molecule has 2 rings (SSSR count). The number of carbonyl (C=O) groups is 1. The monoisotopic (exact) mass is 345 g/mol. The van der Waals surface area contributed by atoms with Gasteiger partial charge < -0.3 is 15.2 Å². The summed E-state index contributed by atoms with van der Waals surface area (Å²) in [5.74, 6) is 0.607. The van der Waals surface area contributed by atoms with Gasteiger partial charge in [-0.2, -0.15) is 0 Å². The molecule has 4 nitrogen and oxygen atoms in total. The second-order valence-electron chi connectivity index (χ2n) is 5.90. The van der Waals surface area contributed by atoms with Gasteiger partial charge in [0.1, 0.15) is 5.75 Å². The number of amides is 1. The van der Waals surface area contributed by atoms with Crippen LogP contribution in [0.25, 0.3) is 0 Å². The molecule has 0 heterocycles. The Hall–Kier alpha value is -1.98. The highest BCUT2D eigenvalue weighted by Crippen LogP contribution is 2.20. The number of nitrogens with one attached hydrogen (secondary N) is 1. The lowest BCUT2D eigenvalue weighted by molar-refractivity contribution is 0.0552. The van der Waals surface area contributed by atoms with Crippen LogP contribution in [0, 0.1) is 0 Å². The minimum atomic E-state index is -1.03. The number of hydrogen-bond donors (Lipinski definition) is 2. The summed E-state index contributed by atoms with van der Waals surface area (Å²) in [6.07, 6.45) is 2.38. The first-order chi connectivity index (χ1) is 11.4. The van der Waals surface area contributed by atoms with E-state index in [1.165, 1.54) is 11.8 Å². The molecule has 0 fully saturated rings. The molecular formula is C19H23NO3S. The first-order valence-electron chi connectivity index (χ1n) is 7.72. The van der Waals surface area contributed by atoms with Crippen molar-refractivity contribution in [3.05, 3.63) is 59.7 Å². The summed E-state index contributed by atoms with van der Waals surface area (Å²) in [6.45, 7) is 1.90. The van der Waals surface area contributed by atoms with Gasteiger partial charge >= 0.3 is 0 Å². The van der Waals surface area contributed by atoms with Crippen molar-refractivity contribution in [3.8, 4) is 5.75 Å². The van der Waals surface area contributed by atoms with Gasteiger partial charge in [0.2, 0.25) is 0 Å². The molecule has 0 saturated heterocycles. The first kappa shape index (κ1) is 18.4. The zero-order valence-electron chi connectivity index (χ0n) is 14.2. The highest BCUT2D eigenvalue weighted by molar-refractivity contribution is 7.98. The van der Waals surface area contributed by atoms with Crippen LogP contribution in [-0.4, -0.2) is 36.5 Å². The standard InChI is InChI=1S/C19H23NO3S/c1-19(22,12-14-8-10-15(23-2)11-9-14)13-20-18(21)16-6-4-5-7-17(16)24-3/h4-11,22H,12-13H2,1-3H3,(H,20,21)/t19-/m0/s1. The van der Waals surface area contributed by atoms with Crippen molar-refractivity contribution < 1.29 is 14.6 Å². The normalized spacial score (nSPS) is 13.2. The van der Waals surface area contributed by atoms with Gasteiger partial charge in [-0.25, -0.2) is 0 Å². The van der Waals surface area contributed by atoms with E-state index in [0.29, 0.717) is 12.0 Å². The van der Waals surface area contributed by atoms with Gasteiger partial charge in [-0.1, -0.05) is 24.3 Å². The van der Waals surface area contributed by atoms with Crippen LogP contribution < -0.4 is 10.1 Å². The Balaban J connectivity index is 1.97. The molecule has 0 aliphatic rings. The summed E-state index contributed by atoms with van der Waals surface area (Å²) < 4.78 is 5.13. The number of aliphatic hydroxyl groups is 1. The van der Waals surface area contributed by atoms with Crippen molar-refractivity contribution in [2.45, 2.75) is 23.8 Å². The topological polar surface area (TPSA) is 58.6 Å². The molecule has 0 radical (unpaired) electrons. The third-order valence-electron chi connectivity index (χ3n) is 3.73. The third kappa shape index (κ3) is 5.01. The molecule has 5 heteroatoms. The molecule has 0 aromatic heterocycles. The van der Waals surface area contributed by atoms with Gasteiger partial charge in [-0.05, 0) is 43.0 Å². The molecule has 1 amide bonds. The number of thioether (sulfide) groups is 1. The average molecular weight is 345 g/mol. The summed E-state index contributed by atoms with van der Waals surface area (Å²) in [4.78, 5) is 13.3. The number of carbonyl (C=O) groups excluding carboxylic acids is 1. The maximum absolute atomic E-state index is 12.4. The lowest BCUT2D eigenvalue weighted by atomic mass is 9.96. The van der Waals surface area contributed by atoms with E-state index < -0.39 is 5.60 Å². The Morgan fingerprint density at radius 3 is 2.50 bits per heavy atom. The molecule has 128 valence electrons. The number of hydrogen-bond acceptors (Lipinski definition) is 4. The van der Waals surface area contributed by atoms with Crippen molar-refractivity contribution in [1.82, 2.24) is 5.32 Å². The molecule has 0 unspecified atom stereocenters. The van der Waals surface area contributed by atoms with E-state index in [1.54, 1.807) is 20.1 Å². The Morgan fingerprint density at radius 2 is 1.88 bits per heavy atom. The van der Waals surface area contributed by atoms with E-state index in [4.69, 9.17) is 4.74 Å². The zero-order chi connectivity index (χ0) is 17.6. The fourth-order valence-electron chi connectivity index (χ4n) is 2.44. The average Bonchev–Trinajstić information content (AvgIpc) is 2.60. The van der Waals surface area contributed by atoms with E-state index in [2.05, 4.69) is 5.32 Å². The highest BCUT2D eigenvalue weighted by Gasteiger charge is 2.22. The molecule has 2 aromatic carbocycles. The van der Waals surface area contributed by atoms with E-state index in [0.717, 1.165) is 16.2 Å². The first-order valence-corrected chi connectivity index (χ1v) is 8.94. The molecule has 0 aliphatic carbocycles. The maximum atomic E-state index is 12.4. The Morgan fingerprint density at radius 1 is 1.21 bits per heavy atom. The molecule has 2 N–H and O–H groups in total. The van der Waals surface area contributed by atoms with Crippen molar-refractivity contribution in [2.75, 3.05) is 19.9 Å². The predicted molar refractivity (Wildman–Crippen MR) is 97.9 cm³/mol. The number of rotatable bonds is 7. The van der Waals surface area contributed by atoms with Crippen LogP contribution in [0.15, 0.2) is 53.4 Å². The fraction of sp³-hybridized carbons (Fsp3) is 0.316. The van der Waals surface area contributed by atoms with Crippen LogP contribution in [0.2, 0.25) is 0 Å². The molecule has 0 saturated carbocycles. The van der Waals surface area contributed by atoms with E-state index >= 15 is 0 Å². The van der Waals surface area contributed by atoms with Crippen LogP contribution in [0.5, 0.6) is 5.75 Å². The van der Waals surface area contributed by atoms with Crippen LogP contribution >= 0.6 is 11.8 Å². The van der Waals surface area contributed by atoms with Crippen LogP contribution in [0.1, 0.15) is 22.8 Å². The van der Waals surface area contributed by atoms with Crippen molar-refractivity contribution in [2.24, 2.45) is 0 Å². The summed E-state index contributed by atoms with van der Waals surface area (Å²) in [5.41, 5.74) is 0.586. The minimum absolute atomic E-state index is 0.171. The summed E-state index contributed by atoms with van der Waals surface area (Å²) >= 11 is 1.53. The second-order valence-corrected chi connectivity index (χ2v) is 6.75. The Bertz CT molecular complexity index is 683. The van der Waals surface area contributed by atoms with Gasteiger partial charge in [0.15, 0.2) is 0 Å². The minimum Gasteiger partial charge on any atom is -0.497 e. The summed E-state index contributed by atoms with van der Waals surface area (Å²) in [5, 5.41) is 13.4. The number of methoxy groups -OCH3 is 1. The van der Waals surface area contributed by atoms with Gasteiger partial charge in [0.25, 0.3) is 5.91 Å².